The van der Waals surface area contributed by atoms with Gasteiger partial charge in [0.25, 0.3) is 0 Å². The normalized spacial score (nSPS) is 16.2. The molecule has 1 aliphatic rings. The van der Waals surface area contributed by atoms with Crippen molar-refractivity contribution in [2.24, 2.45) is 11.8 Å². The zero-order valence-corrected chi connectivity index (χ0v) is 28.8. The first-order chi connectivity index (χ1) is 24.4. The summed E-state index contributed by atoms with van der Waals surface area (Å²) in [5.74, 6) is 0.369. The van der Waals surface area contributed by atoms with Gasteiger partial charge in [-0.25, -0.2) is 22.9 Å². The van der Waals surface area contributed by atoms with E-state index >= 15 is 0 Å². The summed E-state index contributed by atoms with van der Waals surface area (Å²) in [7, 11) is -1.91. The number of aliphatic carboxylic acids is 1. The third kappa shape index (κ3) is 10.3. The fraction of sp³-hybridized carbons (Fsp3) is 0.324. The van der Waals surface area contributed by atoms with Gasteiger partial charge in [0.2, 0.25) is 16.0 Å². The number of carboxylic acid groups (broad SMARTS) is 1. The number of aromatic nitrogens is 2. The molecule has 1 saturated carbocycles. The highest BCUT2D eigenvalue weighted by Crippen LogP contribution is 2.30. The molecular weight excluding hydrogens is 683 g/mol. The van der Waals surface area contributed by atoms with Crippen LogP contribution in [0.2, 0.25) is 0 Å². The average molecular weight is 724 g/mol. The molecule has 0 spiro atoms. The molecule has 6 rings (SSSR count). The van der Waals surface area contributed by atoms with Crippen molar-refractivity contribution < 1.29 is 36.2 Å². The number of fused-ring (bicyclic) bond motifs is 2. The van der Waals surface area contributed by atoms with E-state index in [-0.39, 0.29) is 0 Å². The number of ether oxygens (including phenoxy) is 1. The minimum atomic E-state index is -5.08. The molecule has 1 aromatic heterocycles. The van der Waals surface area contributed by atoms with Crippen LogP contribution in [0.5, 0.6) is 5.75 Å². The summed E-state index contributed by atoms with van der Waals surface area (Å²) in [6, 6.07) is 29.2. The predicted molar refractivity (Wildman–Crippen MR) is 191 cm³/mol. The molecular formula is C37H40F3N5O5S. The summed E-state index contributed by atoms with van der Waals surface area (Å²) in [4.78, 5) is 18.9. The van der Waals surface area contributed by atoms with E-state index in [4.69, 9.17) is 24.6 Å². The summed E-state index contributed by atoms with van der Waals surface area (Å²) in [6.07, 6.45) is -0.170. The Morgan fingerprint density at radius 1 is 0.824 bits per heavy atom. The number of hydrogen-bond acceptors (Lipinski definition) is 8. The van der Waals surface area contributed by atoms with Crippen LogP contribution in [0.4, 0.5) is 24.9 Å². The van der Waals surface area contributed by atoms with Crippen molar-refractivity contribution in [2.45, 2.75) is 43.2 Å². The summed E-state index contributed by atoms with van der Waals surface area (Å²) in [6.45, 7) is 2.00. The van der Waals surface area contributed by atoms with Crippen molar-refractivity contribution in [1.82, 2.24) is 14.7 Å². The number of anilines is 2. The Labute approximate surface area is 294 Å². The van der Waals surface area contributed by atoms with Gasteiger partial charge in [-0.1, -0.05) is 60.7 Å². The van der Waals surface area contributed by atoms with Crippen LogP contribution < -0.4 is 20.1 Å². The molecule has 10 nitrogen and oxygen atoms in total. The van der Waals surface area contributed by atoms with Gasteiger partial charge in [0.05, 0.1) is 17.5 Å². The Morgan fingerprint density at radius 2 is 1.43 bits per heavy atom. The van der Waals surface area contributed by atoms with E-state index in [1.807, 2.05) is 66.7 Å². The van der Waals surface area contributed by atoms with Crippen LogP contribution in [0.25, 0.3) is 21.7 Å². The third-order valence-corrected chi connectivity index (χ3v) is 10.3. The number of alkyl halides is 3. The summed E-state index contributed by atoms with van der Waals surface area (Å²) in [5, 5.41) is 16.8. The molecule has 1 heterocycles. The van der Waals surface area contributed by atoms with E-state index < -0.39 is 22.2 Å². The van der Waals surface area contributed by atoms with Crippen molar-refractivity contribution in [2.75, 3.05) is 37.4 Å². The first-order valence-corrected chi connectivity index (χ1v) is 18.1. The summed E-state index contributed by atoms with van der Waals surface area (Å²) < 4.78 is 66.2. The average Bonchev–Trinajstić information content (AvgIpc) is 3.13. The predicted octanol–water partition coefficient (Wildman–Crippen LogP) is 7.28. The number of hydrogen-bond donors (Lipinski definition) is 4. The SMILES string of the molecule is COc1ccc(CCNc2nc(NCC3CCC(CNS(=O)(=O)c4cccc5ccccc45)CC3)nc3ccccc23)cc1.O=C(O)C(F)(F)F. The van der Waals surface area contributed by atoms with Crippen LogP contribution in [0.1, 0.15) is 31.2 Å². The Morgan fingerprint density at radius 3 is 2.10 bits per heavy atom. The molecule has 0 unspecified atom stereocenters. The molecule has 0 amide bonds. The molecule has 0 bridgehead atoms. The quantitative estimate of drug-likeness (QED) is 0.105. The van der Waals surface area contributed by atoms with Gasteiger partial charge < -0.3 is 20.5 Å². The molecule has 0 radical (unpaired) electrons. The Hall–Kier alpha value is -4.95. The standard InChI is InChI=1S/C35H39N5O3S.C2HF3O2/c1-43-29-19-17-25(18-20-29)21-22-36-34-31-10-4-5-11-32(31)39-35(40-34)37-23-26-13-15-27(16-14-26)24-38-44(41,42)33-12-6-8-28-7-2-3-9-30(28)33;3-2(4,5)1(6)7/h2-12,17-20,26-27,38H,13-16,21-24H2,1H3,(H2,36,37,39,40);(H,6,7). The lowest BCUT2D eigenvalue weighted by atomic mass is 9.82. The number of para-hydroxylation sites is 1. The topological polar surface area (TPSA) is 143 Å². The van der Waals surface area contributed by atoms with E-state index in [2.05, 4.69) is 27.5 Å². The Kier molecular flexibility index (Phi) is 12.3. The van der Waals surface area contributed by atoms with E-state index in [1.165, 1.54) is 5.56 Å². The fourth-order valence-corrected chi connectivity index (χ4v) is 7.36. The molecule has 270 valence electrons. The van der Waals surface area contributed by atoms with Crippen molar-refractivity contribution in [1.29, 1.82) is 0 Å². The number of halogens is 3. The molecule has 0 saturated heterocycles. The zero-order valence-electron chi connectivity index (χ0n) is 28.0. The van der Waals surface area contributed by atoms with Crippen LogP contribution in [-0.2, 0) is 21.2 Å². The maximum absolute atomic E-state index is 13.2. The number of nitrogens with zero attached hydrogens (tertiary/aromatic N) is 2. The lowest BCUT2D eigenvalue weighted by Crippen LogP contribution is -2.32. The van der Waals surface area contributed by atoms with Crippen molar-refractivity contribution in [3.8, 4) is 5.75 Å². The summed E-state index contributed by atoms with van der Waals surface area (Å²) in [5.41, 5.74) is 2.13. The zero-order chi connectivity index (χ0) is 36.4. The maximum Gasteiger partial charge on any atom is 0.490 e. The Bertz CT molecular complexity index is 2030. The van der Waals surface area contributed by atoms with E-state index in [0.29, 0.717) is 29.2 Å². The van der Waals surface area contributed by atoms with Gasteiger partial charge in [-0.2, -0.15) is 18.2 Å². The smallest absolute Gasteiger partial charge is 0.490 e. The third-order valence-electron chi connectivity index (χ3n) is 8.83. The van der Waals surface area contributed by atoms with Crippen molar-refractivity contribution in [3.05, 3.63) is 96.6 Å². The largest absolute Gasteiger partial charge is 0.497 e. The van der Waals surface area contributed by atoms with Gasteiger partial charge in [0.15, 0.2) is 0 Å². The highest BCUT2D eigenvalue weighted by atomic mass is 32.2. The second kappa shape index (κ2) is 16.8. The van der Waals surface area contributed by atoms with Gasteiger partial charge >= 0.3 is 12.1 Å². The van der Waals surface area contributed by atoms with Crippen molar-refractivity contribution in [3.63, 3.8) is 0 Å². The first-order valence-electron chi connectivity index (χ1n) is 16.6. The fourth-order valence-electron chi connectivity index (χ4n) is 6.02. The minimum Gasteiger partial charge on any atom is -0.497 e. The van der Waals surface area contributed by atoms with Crippen LogP contribution in [0, 0.1) is 11.8 Å². The first kappa shape index (κ1) is 37.3. The highest BCUT2D eigenvalue weighted by Gasteiger charge is 2.38. The molecule has 0 atom stereocenters. The second-order valence-corrected chi connectivity index (χ2v) is 14.1. The van der Waals surface area contributed by atoms with E-state index in [0.717, 1.165) is 78.4 Å². The second-order valence-electron chi connectivity index (χ2n) is 12.3. The Balaban J connectivity index is 0.000000654. The summed E-state index contributed by atoms with van der Waals surface area (Å²) >= 11 is 0. The number of carbonyl (C=O) groups is 1. The highest BCUT2D eigenvalue weighted by molar-refractivity contribution is 7.89. The lowest BCUT2D eigenvalue weighted by molar-refractivity contribution is -0.192. The molecule has 4 aromatic carbocycles. The molecule has 0 aliphatic heterocycles. The van der Waals surface area contributed by atoms with Crippen molar-refractivity contribution >= 4 is 49.4 Å². The monoisotopic (exact) mass is 723 g/mol. The van der Waals surface area contributed by atoms with Crippen LogP contribution in [-0.4, -0.2) is 62.4 Å². The van der Waals surface area contributed by atoms with Gasteiger partial charge in [0.1, 0.15) is 11.6 Å². The molecule has 14 heteroatoms. The van der Waals surface area contributed by atoms with Gasteiger partial charge in [0, 0.05) is 30.4 Å². The number of methoxy groups -OCH3 is 1. The minimum absolute atomic E-state index is 0.328. The van der Waals surface area contributed by atoms with Gasteiger partial charge in [-0.3, -0.25) is 0 Å². The molecule has 4 N–H and O–H groups in total. The number of carboxylic acids is 1. The van der Waals surface area contributed by atoms with E-state index in [1.54, 1.807) is 19.2 Å². The molecule has 1 fully saturated rings. The molecule has 51 heavy (non-hydrogen) atoms. The van der Waals surface area contributed by atoms with E-state index in [9.17, 15) is 21.6 Å². The van der Waals surface area contributed by atoms with Gasteiger partial charge in [-0.15, -0.1) is 0 Å². The maximum atomic E-state index is 13.2. The van der Waals surface area contributed by atoms with Crippen LogP contribution in [0.15, 0.2) is 95.9 Å². The number of nitrogens with one attached hydrogen (secondary N) is 3. The van der Waals surface area contributed by atoms with Crippen LogP contribution >= 0.6 is 0 Å². The van der Waals surface area contributed by atoms with Crippen LogP contribution in [0.3, 0.4) is 0 Å². The molecule has 1 aliphatic carbocycles. The number of benzene rings is 4. The molecule has 5 aromatic rings. The lowest BCUT2D eigenvalue weighted by Gasteiger charge is -2.28. The number of sulfonamides is 1. The van der Waals surface area contributed by atoms with Gasteiger partial charge in [-0.05, 0) is 85.2 Å². The number of rotatable bonds is 12.